The average molecular weight is 288 g/mol. The molecule has 12 heavy (non-hydrogen) atoms. The van der Waals surface area contributed by atoms with Gasteiger partial charge in [0.1, 0.15) is 8.58 Å². The van der Waals surface area contributed by atoms with Gasteiger partial charge in [-0.3, -0.25) is 0 Å². The Labute approximate surface area is 87.9 Å². The monoisotopic (exact) mass is 288 g/mol. The van der Waals surface area contributed by atoms with Crippen LogP contribution >= 0.6 is 34.1 Å². The summed E-state index contributed by atoms with van der Waals surface area (Å²) >= 11 is 3.68. The summed E-state index contributed by atoms with van der Waals surface area (Å²) in [6, 6.07) is 10.1. The predicted octanol–water partition coefficient (Wildman–Crippen LogP) is 2.81. The smallest absolute Gasteiger partial charge is 0.119 e. The largest absolute Gasteiger partial charge is 0.137 e. The Morgan fingerprint density at radius 2 is 1.92 bits per heavy atom. The van der Waals surface area contributed by atoms with E-state index in [0.29, 0.717) is 0 Å². The van der Waals surface area contributed by atoms with Gasteiger partial charge in [0.15, 0.2) is 0 Å². The molecule has 0 amide bonds. The van der Waals surface area contributed by atoms with Crippen LogP contribution in [-0.4, -0.2) is 9.59 Å². The third-order valence-electron chi connectivity index (χ3n) is 1.50. The second-order valence-electron chi connectivity index (χ2n) is 2.26. The summed E-state index contributed by atoms with van der Waals surface area (Å²) in [6.07, 6.45) is 0. The van der Waals surface area contributed by atoms with Gasteiger partial charge < -0.3 is 0 Å². The van der Waals surface area contributed by atoms with Crippen molar-refractivity contribution < 1.29 is 0 Å². The quantitative estimate of drug-likeness (QED) is 0.754. The third kappa shape index (κ3) is 1.49. The van der Waals surface area contributed by atoms with Gasteiger partial charge in [-0.15, -0.1) is 5.10 Å². The Balaban J connectivity index is 2.51. The topological polar surface area (TPSA) is 25.8 Å². The predicted molar refractivity (Wildman–Crippen MR) is 58.1 cm³/mol. The molecule has 0 saturated carbocycles. The van der Waals surface area contributed by atoms with Crippen molar-refractivity contribution in [1.82, 2.24) is 9.59 Å². The van der Waals surface area contributed by atoms with E-state index in [2.05, 4.69) is 32.2 Å². The van der Waals surface area contributed by atoms with Crippen molar-refractivity contribution in [2.45, 2.75) is 0 Å². The van der Waals surface area contributed by atoms with Crippen LogP contribution in [0.1, 0.15) is 0 Å². The summed E-state index contributed by atoms with van der Waals surface area (Å²) in [5, 5.41) is 4.05. The van der Waals surface area contributed by atoms with Gasteiger partial charge in [0.05, 0.1) is 0 Å². The summed E-state index contributed by atoms with van der Waals surface area (Å²) in [5.41, 5.74) is 2.12. The summed E-state index contributed by atoms with van der Waals surface area (Å²) in [4.78, 5) is 0. The number of benzene rings is 1. The second kappa shape index (κ2) is 3.49. The molecule has 0 aliphatic rings. The molecule has 1 aromatic heterocycles. The highest BCUT2D eigenvalue weighted by Crippen LogP contribution is 2.24. The van der Waals surface area contributed by atoms with E-state index in [9.17, 15) is 0 Å². The Morgan fingerprint density at radius 3 is 2.50 bits per heavy atom. The first kappa shape index (κ1) is 8.12. The van der Waals surface area contributed by atoms with Gasteiger partial charge in [-0.25, -0.2) is 0 Å². The molecule has 0 saturated heterocycles. The Bertz CT molecular complexity index is 372. The number of hydrogen-bond donors (Lipinski definition) is 0. The lowest BCUT2D eigenvalue weighted by atomic mass is 10.2. The van der Waals surface area contributed by atoms with Crippen LogP contribution in [0.25, 0.3) is 11.3 Å². The number of nitrogens with zero attached hydrogens (tertiary/aromatic N) is 2. The molecule has 2 rings (SSSR count). The minimum absolute atomic E-state index is 0.987. The van der Waals surface area contributed by atoms with E-state index >= 15 is 0 Å². The van der Waals surface area contributed by atoms with Gasteiger partial charge in [-0.1, -0.05) is 34.8 Å². The zero-order valence-electron chi connectivity index (χ0n) is 6.07. The second-order valence-corrected chi connectivity index (χ2v) is 4.83. The van der Waals surface area contributed by atoms with Crippen molar-refractivity contribution >= 4 is 34.1 Å². The van der Waals surface area contributed by atoms with Crippen LogP contribution in [0.15, 0.2) is 30.3 Å². The molecule has 0 atom stereocenters. The van der Waals surface area contributed by atoms with E-state index in [0.717, 1.165) is 14.1 Å². The van der Waals surface area contributed by atoms with Gasteiger partial charge in [0, 0.05) is 5.56 Å². The molecule has 2 nitrogen and oxygen atoms in total. The lowest BCUT2D eigenvalue weighted by Gasteiger charge is -1.93. The van der Waals surface area contributed by atoms with Crippen LogP contribution in [-0.2, 0) is 0 Å². The lowest BCUT2D eigenvalue weighted by Crippen LogP contribution is -1.78. The normalized spacial score (nSPS) is 10.1. The minimum Gasteiger partial charge on any atom is -0.137 e. The Kier molecular flexibility index (Phi) is 2.36. The highest BCUT2D eigenvalue weighted by molar-refractivity contribution is 14.1. The molecule has 0 aliphatic heterocycles. The van der Waals surface area contributed by atoms with Crippen LogP contribution < -0.4 is 0 Å². The fraction of sp³-hybridized carbons (Fsp3) is 0. The first-order valence-corrected chi connectivity index (χ1v) is 5.26. The van der Waals surface area contributed by atoms with Crippen molar-refractivity contribution in [3.8, 4) is 11.3 Å². The molecule has 0 aliphatic carbocycles. The minimum atomic E-state index is 0.987. The fourth-order valence-corrected chi connectivity index (χ4v) is 2.07. The fourth-order valence-electron chi connectivity index (χ4n) is 0.947. The van der Waals surface area contributed by atoms with Gasteiger partial charge in [0.25, 0.3) is 0 Å². The van der Waals surface area contributed by atoms with Crippen LogP contribution in [0.4, 0.5) is 0 Å². The van der Waals surface area contributed by atoms with Crippen LogP contribution in [0.5, 0.6) is 0 Å². The van der Waals surface area contributed by atoms with Crippen molar-refractivity contribution in [2.75, 3.05) is 0 Å². The zero-order chi connectivity index (χ0) is 8.39. The molecule has 0 fully saturated rings. The molecule has 1 aromatic carbocycles. The van der Waals surface area contributed by atoms with Crippen molar-refractivity contribution in [3.63, 3.8) is 0 Å². The van der Waals surface area contributed by atoms with E-state index in [-0.39, 0.29) is 0 Å². The Morgan fingerprint density at radius 1 is 1.17 bits per heavy atom. The summed E-state index contributed by atoms with van der Waals surface area (Å²) in [5.74, 6) is 0. The number of halogens is 1. The SMILES string of the molecule is Ic1snnc1-c1ccccc1. The molecule has 4 heteroatoms. The number of rotatable bonds is 1. The van der Waals surface area contributed by atoms with Crippen LogP contribution in [0, 0.1) is 2.88 Å². The van der Waals surface area contributed by atoms with E-state index in [1.165, 1.54) is 11.5 Å². The maximum absolute atomic E-state index is 4.05. The van der Waals surface area contributed by atoms with Crippen molar-refractivity contribution in [1.29, 1.82) is 0 Å². The molecule has 0 unspecified atom stereocenters. The van der Waals surface area contributed by atoms with Gasteiger partial charge in [-0.05, 0) is 34.1 Å². The highest BCUT2D eigenvalue weighted by Gasteiger charge is 2.05. The van der Waals surface area contributed by atoms with Gasteiger partial charge in [0.2, 0.25) is 0 Å². The maximum atomic E-state index is 4.05. The average Bonchev–Trinajstić information content (AvgIpc) is 2.53. The standard InChI is InChI=1S/C8H5IN2S/c9-8-7(10-11-12-8)6-4-2-1-3-5-6/h1-5H. The molecule has 0 spiro atoms. The molecule has 0 radical (unpaired) electrons. The Hall–Kier alpha value is -0.490. The molecular weight excluding hydrogens is 283 g/mol. The van der Waals surface area contributed by atoms with Gasteiger partial charge in [-0.2, -0.15) is 0 Å². The lowest BCUT2D eigenvalue weighted by molar-refractivity contribution is 1.16. The molecule has 1 heterocycles. The summed E-state index contributed by atoms with van der Waals surface area (Å²) in [7, 11) is 0. The van der Waals surface area contributed by atoms with Crippen molar-refractivity contribution in [3.05, 3.63) is 33.2 Å². The summed E-state index contributed by atoms with van der Waals surface area (Å²) in [6.45, 7) is 0. The van der Waals surface area contributed by atoms with E-state index in [1.807, 2.05) is 30.3 Å². The van der Waals surface area contributed by atoms with Crippen molar-refractivity contribution in [2.24, 2.45) is 0 Å². The molecule has 60 valence electrons. The first-order valence-electron chi connectivity index (χ1n) is 3.41. The molecule has 0 bridgehead atoms. The number of aromatic nitrogens is 2. The zero-order valence-corrected chi connectivity index (χ0v) is 9.04. The maximum Gasteiger partial charge on any atom is 0.119 e. The molecule has 0 N–H and O–H groups in total. The van der Waals surface area contributed by atoms with E-state index in [4.69, 9.17) is 0 Å². The third-order valence-corrected chi connectivity index (χ3v) is 3.11. The van der Waals surface area contributed by atoms with Crippen LogP contribution in [0.3, 0.4) is 0 Å². The molecular formula is C8H5IN2S. The first-order chi connectivity index (χ1) is 5.88. The highest BCUT2D eigenvalue weighted by atomic mass is 127. The molecule has 2 aromatic rings. The van der Waals surface area contributed by atoms with E-state index in [1.54, 1.807) is 0 Å². The number of hydrogen-bond acceptors (Lipinski definition) is 3. The van der Waals surface area contributed by atoms with Gasteiger partial charge >= 0.3 is 0 Å². The van der Waals surface area contributed by atoms with E-state index < -0.39 is 0 Å². The summed E-state index contributed by atoms with van der Waals surface area (Å²) < 4.78 is 5.02. The van der Waals surface area contributed by atoms with Crippen LogP contribution in [0.2, 0.25) is 0 Å².